The van der Waals surface area contributed by atoms with E-state index >= 15 is 0 Å². The van der Waals surface area contributed by atoms with Gasteiger partial charge in [-0.2, -0.15) is 0 Å². The number of amides is 2. The van der Waals surface area contributed by atoms with Crippen LogP contribution in [0, 0.1) is 5.82 Å². The molecule has 4 rings (SSSR count). The Morgan fingerprint density at radius 1 is 0.893 bits per heavy atom. The van der Waals surface area contributed by atoms with Gasteiger partial charge in [0.05, 0.1) is 5.56 Å². The zero-order chi connectivity index (χ0) is 19.5. The summed E-state index contributed by atoms with van der Waals surface area (Å²) in [6.07, 6.45) is 4.30. The molecule has 2 saturated heterocycles. The van der Waals surface area contributed by atoms with Gasteiger partial charge in [-0.3, -0.25) is 9.59 Å². The Morgan fingerprint density at radius 2 is 1.61 bits per heavy atom. The molecule has 0 aliphatic carbocycles. The summed E-state index contributed by atoms with van der Waals surface area (Å²) in [5, 5.41) is 2.79. The van der Waals surface area contributed by atoms with Gasteiger partial charge in [-0.25, -0.2) is 4.39 Å². The van der Waals surface area contributed by atoms with Gasteiger partial charge in [0.15, 0.2) is 0 Å². The maximum absolute atomic E-state index is 13.4. The average Bonchev–Trinajstić information content (AvgIpc) is 3.41. The fourth-order valence-corrected chi connectivity index (χ4v) is 3.94. The van der Waals surface area contributed by atoms with Gasteiger partial charge in [-0.1, -0.05) is 6.07 Å². The summed E-state index contributed by atoms with van der Waals surface area (Å²) in [6.45, 7) is 3.43. The number of nitrogens with zero attached hydrogens (tertiary/aromatic N) is 2. The SMILES string of the molecule is O=C(Nc1ccc(N2CCCC2)c(C(=O)N2CCCC2)c1)c1cccc(F)c1. The standard InChI is InChI=1S/C22H24FN3O2/c23-17-7-5-6-16(14-17)21(27)24-18-8-9-20(25-10-1-2-11-25)19(15-18)22(28)26-12-3-4-13-26/h5-9,14-15H,1-4,10-13H2,(H,24,27). The number of carbonyl (C=O) groups excluding carboxylic acids is 2. The third-order valence-corrected chi connectivity index (χ3v) is 5.41. The third-order valence-electron chi connectivity index (χ3n) is 5.41. The molecule has 2 fully saturated rings. The van der Waals surface area contributed by atoms with Crippen LogP contribution in [0.3, 0.4) is 0 Å². The summed E-state index contributed by atoms with van der Waals surface area (Å²) >= 11 is 0. The number of carbonyl (C=O) groups is 2. The molecule has 0 aromatic heterocycles. The second-order valence-corrected chi connectivity index (χ2v) is 7.39. The van der Waals surface area contributed by atoms with Crippen molar-refractivity contribution in [1.29, 1.82) is 0 Å². The predicted octanol–water partition coefficient (Wildman–Crippen LogP) is 3.91. The van der Waals surface area contributed by atoms with Crippen LogP contribution in [-0.2, 0) is 0 Å². The van der Waals surface area contributed by atoms with Crippen LogP contribution in [0.4, 0.5) is 15.8 Å². The highest BCUT2D eigenvalue weighted by molar-refractivity contribution is 6.06. The van der Waals surface area contributed by atoms with E-state index in [9.17, 15) is 14.0 Å². The maximum Gasteiger partial charge on any atom is 0.256 e. The number of benzene rings is 2. The molecule has 2 aliphatic rings. The first-order chi connectivity index (χ1) is 13.6. The first-order valence-corrected chi connectivity index (χ1v) is 9.87. The molecule has 2 heterocycles. The van der Waals surface area contributed by atoms with Crippen LogP contribution in [0.1, 0.15) is 46.4 Å². The normalized spacial score (nSPS) is 16.5. The Morgan fingerprint density at radius 3 is 2.32 bits per heavy atom. The van der Waals surface area contributed by atoms with Crippen molar-refractivity contribution < 1.29 is 14.0 Å². The molecule has 28 heavy (non-hydrogen) atoms. The topological polar surface area (TPSA) is 52.7 Å². The minimum absolute atomic E-state index is 0.0151. The lowest BCUT2D eigenvalue weighted by Crippen LogP contribution is -2.30. The zero-order valence-corrected chi connectivity index (χ0v) is 15.8. The highest BCUT2D eigenvalue weighted by Crippen LogP contribution is 2.29. The number of hydrogen-bond acceptors (Lipinski definition) is 3. The number of nitrogens with one attached hydrogen (secondary N) is 1. The minimum atomic E-state index is -0.457. The molecule has 1 N–H and O–H groups in total. The van der Waals surface area contributed by atoms with Crippen LogP contribution in [-0.4, -0.2) is 42.9 Å². The molecule has 146 valence electrons. The van der Waals surface area contributed by atoms with Crippen molar-refractivity contribution in [3.63, 3.8) is 0 Å². The van der Waals surface area contributed by atoms with Gasteiger partial charge >= 0.3 is 0 Å². The Kier molecular flexibility index (Phi) is 5.28. The summed E-state index contributed by atoms with van der Waals surface area (Å²) in [6, 6.07) is 11.0. The second-order valence-electron chi connectivity index (χ2n) is 7.39. The van der Waals surface area contributed by atoms with Gasteiger partial charge in [-0.05, 0) is 62.1 Å². The van der Waals surface area contributed by atoms with Crippen LogP contribution >= 0.6 is 0 Å². The lowest BCUT2D eigenvalue weighted by Gasteiger charge is -2.24. The Bertz CT molecular complexity index is 887. The smallest absolute Gasteiger partial charge is 0.256 e. The predicted molar refractivity (Wildman–Crippen MR) is 107 cm³/mol. The monoisotopic (exact) mass is 381 g/mol. The van der Waals surface area contributed by atoms with Gasteiger partial charge in [0.25, 0.3) is 11.8 Å². The molecule has 0 radical (unpaired) electrons. The minimum Gasteiger partial charge on any atom is -0.371 e. The van der Waals surface area contributed by atoms with Crippen molar-refractivity contribution in [2.24, 2.45) is 0 Å². The summed E-state index contributed by atoms with van der Waals surface area (Å²) in [5.74, 6) is -0.837. The molecule has 5 nitrogen and oxygen atoms in total. The Labute approximate surface area is 164 Å². The summed E-state index contributed by atoms with van der Waals surface area (Å²) in [4.78, 5) is 29.7. The fourth-order valence-electron chi connectivity index (χ4n) is 3.94. The van der Waals surface area contributed by atoms with Crippen LogP contribution in [0.25, 0.3) is 0 Å². The number of anilines is 2. The van der Waals surface area contributed by atoms with Crippen LogP contribution in [0.2, 0.25) is 0 Å². The molecular formula is C22H24FN3O2. The average molecular weight is 381 g/mol. The quantitative estimate of drug-likeness (QED) is 0.874. The summed E-state index contributed by atoms with van der Waals surface area (Å²) in [5.41, 5.74) is 2.34. The summed E-state index contributed by atoms with van der Waals surface area (Å²) in [7, 11) is 0. The van der Waals surface area contributed by atoms with Gasteiger partial charge in [0.2, 0.25) is 0 Å². The van der Waals surface area contributed by atoms with Crippen molar-refractivity contribution in [3.8, 4) is 0 Å². The molecule has 2 aromatic carbocycles. The van der Waals surface area contributed by atoms with Gasteiger partial charge in [-0.15, -0.1) is 0 Å². The third kappa shape index (κ3) is 3.86. The van der Waals surface area contributed by atoms with E-state index in [0.29, 0.717) is 11.3 Å². The Balaban J connectivity index is 1.62. The van der Waals surface area contributed by atoms with E-state index in [1.54, 1.807) is 12.1 Å². The number of halogens is 1. The van der Waals surface area contributed by atoms with E-state index in [0.717, 1.165) is 57.5 Å². The van der Waals surface area contributed by atoms with Crippen molar-refractivity contribution in [2.75, 3.05) is 36.4 Å². The number of hydrogen-bond donors (Lipinski definition) is 1. The van der Waals surface area contributed by atoms with Crippen molar-refractivity contribution in [3.05, 3.63) is 59.4 Å². The van der Waals surface area contributed by atoms with Crippen molar-refractivity contribution in [1.82, 2.24) is 4.90 Å². The molecule has 0 atom stereocenters. The largest absolute Gasteiger partial charge is 0.371 e. The van der Waals surface area contributed by atoms with E-state index < -0.39 is 11.7 Å². The highest BCUT2D eigenvalue weighted by Gasteiger charge is 2.25. The molecule has 0 saturated carbocycles. The van der Waals surface area contributed by atoms with E-state index in [-0.39, 0.29) is 11.5 Å². The molecule has 2 amide bonds. The number of rotatable bonds is 4. The molecule has 2 aromatic rings. The van der Waals surface area contributed by atoms with Crippen molar-refractivity contribution >= 4 is 23.2 Å². The Hall–Kier alpha value is -2.89. The maximum atomic E-state index is 13.4. The molecule has 2 aliphatic heterocycles. The van der Waals surface area contributed by atoms with Gasteiger partial charge in [0.1, 0.15) is 5.82 Å². The highest BCUT2D eigenvalue weighted by atomic mass is 19.1. The molecule has 6 heteroatoms. The lowest BCUT2D eigenvalue weighted by molar-refractivity contribution is 0.0793. The van der Waals surface area contributed by atoms with E-state index in [1.807, 2.05) is 17.0 Å². The first kappa shape index (κ1) is 18.5. The van der Waals surface area contributed by atoms with Crippen LogP contribution < -0.4 is 10.2 Å². The van der Waals surface area contributed by atoms with Crippen molar-refractivity contribution in [2.45, 2.75) is 25.7 Å². The van der Waals surface area contributed by atoms with Gasteiger partial charge in [0, 0.05) is 43.1 Å². The first-order valence-electron chi connectivity index (χ1n) is 9.87. The summed E-state index contributed by atoms with van der Waals surface area (Å²) < 4.78 is 13.4. The number of likely N-dealkylation sites (tertiary alicyclic amines) is 1. The van der Waals surface area contributed by atoms with E-state index in [2.05, 4.69) is 10.2 Å². The fraction of sp³-hybridized carbons (Fsp3) is 0.364. The second kappa shape index (κ2) is 8.00. The molecule has 0 spiro atoms. The lowest BCUT2D eigenvalue weighted by atomic mass is 10.1. The van der Waals surface area contributed by atoms with Crippen LogP contribution in [0.15, 0.2) is 42.5 Å². The molecular weight excluding hydrogens is 357 g/mol. The van der Waals surface area contributed by atoms with Gasteiger partial charge < -0.3 is 15.1 Å². The molecule has 0 bridgehead atoms. The van der Waals surface area contributed by atoms with E-state index in [4.69, 9.17) is 0 Å². The van der Waals surface area contributed by atoms with E-state index in [1.165, 1.54) is 18.2 Å². The molecule has 0 unspecified atom stereocenters. The van der Waals surface area contributed by atoms with Crippen LogP contribution in [0.5, 0.6) is 0 Å². The zero-order valence-electron chi connectivity index (χ0n) is 15.8.